The average Bonchev–Trinajstić information content (AvgIpc) is 3.33. The minimum absolute atomic E-state index is 1.12. The summed E-state index contributed by atoms with van der Waals surface area (Å²) in [7, 11) is 0. The van der Waals surface area contributed by atoms with Gasteiger partial charge in [-0.1, -0.05) is 97.1 Å². The number of aromatic nitrogens is 1. The molecule has 0 radical (unpaired) electrons. The molecular weight excluding hydrogens is 460 g/mol. The Bertz CT molecular complexity index is 1800. The van der Waals surface area contributed by atoms with Gasteiger partial charge < -0.3 is 9.47 Å². The zero-order chi connectivity index (χ0) is 25.3. The highest BCUT2D eigenvalue weighted by Crippen LogP contribution is 2.37. The molecule has 0 spiro atoms. The van der Waals surface area contributed by atoms with E-state index in [1.165, 1.54) is 32.9 Å². The predicted octanol–water partition coefficient (Wildman–Crippen LogP) is 9.92. The summed E-state index contributed by atoms with van der Waals surface area (Å²) in [6.45, 7) is 0. The number of fused-ring (bicyclic) bond motifs is 3. The van der Waals surface area contributed by atoms with Crippen LogP contribution in [-0.2, 0) is 0 Å². The first-order chi connectivity index (χ1) is 18.9. The van der Waals surface area contributed by atoms with E-state index < -0.39 is 0 Å². The van der Waals surface area contributed by atoms with Crippen LogP contribution in [0.2, 0.25) is 0 Å². The van der Waals surface area contributed by atoms with E-state index in [1.54, 1.807) is 0 Å². The van der Waals surface area contributed by atoms with Crippen molar-refractivity contribution < 1.29 is 0 Å². The molecule has 0 fully saturated rings. The van der Waals surface area contributed by atoms with E-state index in [4.69, 9.17) is 0 Å². The molecule has 7 rings (SSSR count). The Morgan fingerprint density at radius 1 is 0.368 bits per heavy atom. The summed E-state index contributed by atoms with van der Waals surface area (Å²) >= 11 is 0. The van der Waals surface area contributed by atoms with Crippen molar-refractivity contribution in [1.82, 2.24) is 4.57 Å². The van der Waals surface area contributed by atoms with Crippen molar-refractivity contribution in [3.05, 3.63) is 158 Å². The van der Waals surface area contributed by atoms with Gasteiger partial charge in [0.1, 0.15) is 0 Å². The largest absolute Gasteiger partial charge is 0.311 e. The first kappa shape index (κ1) is 22.1. The molecule has 0 unspecified atom stereocenters. The third kappa shape index (κ3) is 3.84. The number of rotatable bonds is 5. The molecule has 6 aromatic carbocycles. The summed E-state index contributed by atoms with van der Waals surface area (Å²) in [5, 5.41) is 2.53. The highest BCUT2D eigenvalue weighted by molar-refractivity contribution is 6.10. The van der Waals surface area contributed by atoms with Crippen molar-refractivity contribution in [1.29, 1.82) is 0 Å². The summed E-state index contributed by atoms with van der Waals surface area (Å²) in [6.07, 6.45) is 0. The van der Waals surface area contributed by atoms with Crippen LogP contribution in [0.1, 0.15) is 0 Å². The summed E-state index contributed by atoms with van der Waals surface area (Å²) in [6, 6.07) is 56.1. The predicted molar refractivity (Wildman–Crippen MR) is 161 cm³/mol. The minimum atomic E-state index is 1.12. The fourth-order valence-corrected chi connectivity index (χ4v) is 5.41. The van der Waals surface area contributed by atoms with Crippen molar-refractivity contribution >= 4 is 38.9 Å². The average molecular weight is 487 g/mol. The van der Waals surface area contributed by atoms with Gasteiger partial charge in [-0.3, -0.25) is 0 Å². The van der Waals surface area contributed by atoms with Gasteiger partial charge >= 0.3 is 0 Å². The summed E-state index contributed by atoms with van der Waals surface area (Å²) < 4.78 is 2.39. The van der Waals surface area contributed by atoms with E-state index in [9.17, 15) is 0 Å². The quantitative estimate of drug-likeness (QED) is 0.235. The lowest BCUT2D eigenvalue weighted by Gasteiger charge is -2.25. The number of anilines is 3. The number of benzene rings is 6. The van der Waals surface area contributed by atoms with Crippen molar-refractivity contribution in [2.24, 2.45) is 0 Å². The van der Waals surface area contributed by atoms with Crippen LogP contribution in [0.25, 0.3) is 38.6 Å². The highest BCUT2D eigenvalue weighted by atomic mass is 15.1. The summed E-state index contributed by atoms with van der Waals surface area (Å²) in [5.41, 5.74) is 9.41. The second-order valence-electron chi connectivity index (χ2n) is 9.47. The molecule has 0 bridgehead atoms. The minimum Gasteiger partial charge on any atom is -0.311 e. The third-order valence-corrected chi connectivity index (χ3v) is 7.18. The van der Waals surface area contributed by atoms with Gasteiger partial charge in [0.15, 0.2) is 0 Å². The van der Waals surface area contributed by atoms with Gasteiger partial charge in [0.2, 0.25) is 0 Å². The summed E-state index contributed by atoms with van der Waals surface area (Å²) in [4.78, 5) is 2.29. The van der Waals surface area contributed by atoms with Crippen LogP contribution in [0, 0.1) is 0 Å². The second-order valence-corrected chi connectivity index (χ2v) is 9.47. The van der Waals surface area contributed by atoms with Gasteiger partial charge in [-0.25, -0.2) is 0 Å². The van der Waals surface area contributed by atoms with Crippen LogP contribution in [0.15, 0.2) is 158 Å². The van der Waals surface area contributed by atoms with Gasteiger partial charge in [0.25, 0.3) is 0 Å². The molecule has 180 valence electrons. The van der Waals surface area contributed by atoms with E-state index in [0.717, 1.165) is 22.7 Å². The number of para-hydroxylation sites is 3. The third-order valence-electron chi connectivity index (χ3n) is 7.18. The van der Waals surface area contributed by atoms with Crippen LogP contribution >= 0.6 is 0 Å². The van der Waals surface area contributed by atoms with Gasteiger partial charge in [0, 0.05) is 33.5 Å². The Morgan fingerprint density at radius 3 is 1.55 bits per heavy atom. The van der Waals surface area contributed by atoms with Crippen LogP contribution in [0.5, 0.6) is 0 Å². The molecule has 38 heavy (non-hydrogen) atoms. The Hall–Kier alpha value is -5.08. The van der Waals surface area contributed by atoms with Crippen molar-refractivity contribution in [2.45, 2.75) is 0 Å². The number of nitrogens with zero attached hydrogens (tertiary/aromatic N) is 2. The molecule has 1 heterocycles. The molecule has 0 amide bonds. The smallest absolute Gasteiger partial charge is 0.0547 e. The van der Waals surface area contributed by atoms with Gasteiger partial charge in [-0.2, -0.15) is 0 Å². The van der Waals surface area contributed by atoms with E-state index in [-0.39, 0.29) is 0 Å². The zero-order valence-electron chi connectivity index (χ0n) is 20.9. The fourth-order valence-electron chi connectivity index (χ4n) is 5.41. The van der Waals surface area contributed by atoms with Gasteiger partial charge in [0.05, 0.1) is 11.0 Å². The Kier molecular flexibility index (Phi) is 5.49. The molecule has 7 aromatic rings. The van der Waals surface area contributed by atoms with Crippen molar-refractivity contribution in [2.75, 3.05) is 4.90 Å². The normalized spacial score (nSPS) is 11.2. The topological polar surface area (TPSA) is 8.17 Å². The first-order valence-electron chi connectivity index (χ1n) is 13.0. The highest BCUT2D eigenvalue weighted by Gasteiger charge is 2.15. The van der Waals surface area contributed by atoms with Crippen molar-refractivity contribution in [3.8, 4) is 16.8 Å². The summed E-state index contributed by atoms with van der Waals surface area (Å²) in [5.74, 6) is 0. The number of hydrogen-bond donors (Lipinski definition) is 0. The fraction of sp³-hybridized carbons (Fsp3) is 0. The molecule has 1 aromatic heterocycles. The van der Waals surface area contributed by atoms with E-state index in [2.05, 4.69) is 167 Å². The van der Waals surface area contributed by atoms with Crippen LogP contribution in [0.3, 0.4) is 0 Å². The van der Waals surface area contributed by atoms with Crippen LogP contribution in [0.4, 0.5) is 17.1 Å². The maximum atomic E-state index is 2.39. The lowest BCUT2D eigenvalue weighted by molar-refractivity contribution is 1.17. The SMILES string of the molecule is c1ccc(-c2ccc3c4ccccc4n(-c4ccc(N(c5ccccc5)c5ccccc5)cc4)c3c2)cc1. The molecule has 2 heteroatoms. The molecule has 0 aliphatic rings. The van der Waals surface area contributed by atoms with Crippen LogP contribution < -0.4 is 4.90 Å². The lowest BCUT2D eigenvalue weighted by Crippen LogP contribution is -2.09. The number of hydrogen-bond acceptors (Lipinski definition) is 1. The molecule has 0 aliphatic carbocycles. The Morgan fingerprint density at radius 2 is 0.895 bits per heavy atom. The lowest BCUT2D eigenvalue weighted by atomic mass is 10.0. The molecule has 2 nitrogen and oxygen atoms in total. The zero-order valence-corrected chi connectivity index (χ0v) is 20.9. The Balaban J connectivity index is 1.39. The maximum Gasteiger partial charge on any atom is 0.0547 e. The van der Waals surface area contributed by atoms with E-state index in [0.29, 0.717) is 0 Å². The van der Waals surface area contributed by atoms with E-state index >= 15 is 0 Å². The Labute approximate surface area is 222 Å². The molecule has 0 saturated heterocycles. The molecule has 0 saturated carbocycles. The molecule has 0 N–H and O–H groups in total. The standard InChI is InChI=1S/C36H26N2/c1-4-12-27(13-5-1)28-20-25-34-33-18-10-11-19-35(33)38(36(34)26-28)32-23-21-31(22-24-32)37(29-14-6-2-7-15-29)30-16-8-3-9-17-30/h1-26H. The first-order valence-corrected chi connectivity index (χ1v) is 13.0. The van der Waals surface area contributed by atoms with Gasteiger partial charge in [-0.15, -0.1) is 0 Å². The monoisotopic (exact) mass is 486 g/mol. The van der Waals surface area contributed by atoms with Crippen LogP contribution in [-0.4, -0.2) is 4.57 Å². The second kappa shape index (κ2) is 9.42. The molecule has 0 aliphatic heterocycles. The maximum absolute atomic E-state index is 2.39. The van der Waals surface area contributed by atoms with E-state index in [1.807, 2.05) is 0 Å². The van der Waals surface area contributed by atoms with Gasteiger partial charge in [-0.05, 0) is 71.8 Å². The van der Waals surface area contributed by atoms with Crippen molar-refractivity contribution in [3.63, 3.8) is 0 Å². The molecule has 0 atom stereocenters. The molecular formula is C36H26N2.